The predicted octanol–water partition coefficient (Wildman–Crippen LogP) is 3.99. The average Bonchev–Trinajstić information content (AvgIpc) is 3.02. The predicted molar refractivity (Wildman–Crippen MR) is 80.8 cm³/mol. The maximum atomic E-state index is 13.7. The van der Waals surface area contributed by atoms with Crippen molar-refractivity contribution in [3.05, 3.63) is 77.1 Å². The second-order valence-electron chi connectivity index (χ2n) is 5.34. The highest BCUT2D eigenvalue weighted by atomic mass is 19.4. The van der Waals surface area contributed by atoms with E-state index in [9.17, 15) is 26.7 Å². The normalized spacial score (nSPS) is 11.6. The fourth-order valence-corrected chi connectivity index (χ4v) is 2.40. The number of carbonyl (C=O) groups is 1. The summed E-state index contributed by atoms with van der Waals surface area (Å²) in [6.07, 6.45) is -4.11. The van der Waals surface area contributed by atoms with Crippen LogP contribution in [0.25, 0.3) is 5.69 Å². The first-order valence-corrected chi connectivity index (χ1v) is 7.32. The van der Waals surface area contributed by atoms with Gasteiger partial charge in [0, 0.05) is 5.56 Å². The highest BCUT2D eigenvalue weighted by Crippen LogP contribution is 2.32. The summed E-state index contributed by atoms with van der Waals surface area (Å²) in [5.41, 5.74) is -2.12. The molecular formula is C17H10F5N3O. The van der Waals surface area contributed by atoms with Crippen LogP contribution in [0.4, 0.5) is 22.0 Å². The van der Waals surface area contributed by atoms with Crippen molar-refractivity contribution in [1.29, 1.82) is 0 Å². The molecule has 26 heavy (non-hydrogen) atoms. The molecule has 0 aliphatic heterocycles. The molecule has 0 amide bonds. The lowest BCUT2D eigenvalue weighted by molar-refractivity contribution is -0.137. The first-order chi connectivity index (χ1) is 12.3. The van der Waals surface area contributed by atoms with Gasteiger partial charge in [-0.25, -0.2) is 8.78 Å². The van der Waals surface area contributed by atoms with Gasteiger partial charge in [0.25, 0.3) is 0 Å². The number of alkyl halides is 3. The van der Waals surface area contributed by atoms with Crippen molar-refractivity contribution in [3.8, 4) is 5.69 Å². The van der Waals surface area contributed by atoms with Gasteiger partial charge in [-0.2, -0.15) is 23.4 Å². The molecule has 0 saturated heterocycles. The maximum absolute atomic E-state index is 13.7. The third kappa shape index (κ3) is 3.46. The molecule has 4 nitrogen and oxygen atoms in total. The standard InChI is InChI=1S/C17H10F5N3O/c18-13-6-3-7-14(19)16(13)25-23-9-10(24-25)8-15(26)11-4-1-2-5-12(11)17(20,21)22/h1-7,9H,8H2. The van der Waals surface area contributed by atoms with E-state index in [1.807, 2.05) is 0 Å². The molecule has 0 bridgehead atoms. The van der Waals surface area contributed by atoms with Crippen molar-refractivity contribution in [3.63, 3.8) is 0 Å². The van der Waals surface area contributed by atoms with E-state index in [-0.39, 0.29) is 5.69 Å². The minimum absolute atomic E-state index is 0.0189. The first kappa shape index (κ1) is 17.7. The molecule has 0 aliphatic carbocycles. The molecule has 3 aromatic rings. The molecule has 3 rings (SSSR count). The SMILES string of the molecule is O=C(Cc1cnn(-c2c(F)cccc2F)n1)c1ccccc1C(F)(F)F. The highest BCUT2D eigenvalue weighted by molar-refractivity contribution is 5.98. The zero-order valence-electron chi connectivity index (χ0n) is 13.0. The van der Waals surface area contributed by atoms with Gasteiger partial charge in [-0.15, -0.1) is 4.80 Å². The number of benzene rings is 2. The molecule has 0 radical (unpaired) electrons. The third-order valence-electron chi connectivity index (χ3n) is 3.55. The Morgan fingerprint density at radius 1 is 1.00 bits per heavy atom. The highest BCUT2D eigenvalue weighted by Gasteiger charge is 2.34. The molecule has 0 unspecified atom stereocenters. The first-order valence-electron chi connectivity index (χ1n) is 7.32. The fourth-order valence-electron chi connectivity index (χ4n) is 2.40. The van der Waals surface area contributed by atoms with Gasteiger partial charge in [-0.05, 0) is 18.2 Å². The largest absolute Gasteiger partial charge is 0.417 e. The Bertz CT molecular complexity index is 945. The van der Waals surface area contributed by atoms with E-state index < -0.39 is 46.8 Å². The van der Waals surface area contributed by atoms with Crippen molar-refractivity contribution < 1.29 is 26.7 Å². The topological polar surface area (TPSA) is 47.8 Å². The Morgan fingerprint density at radius 3 is 2.31 bits per heavy atom. The van der Waals surface area contributed by atoms with E-state index in [0.717, 1.165) is 36.5 Å². The van der Waals surface area contributed by atoms with Gasteiger partial charge in [-0.3, -0.25) is 4.79 Å². The summed E-state index contributed by atoms with van der Waals surface area (Å²) in [6, 6.07) is 7.53. The minimum atomic E-state index is -4.68. The summed E-state index contributed by atoms with van der Waals surface area (Å²) >= 11 is 0. The van der Waals surface area contributed by atoms with Crippen molar-refractivity contribution in [1.82, 2.24) is 15.0 Å². The van der Waals surface area contributed by atoms with Gasteiger partial charge >= 0.3 is 6.18 Å². The number of aromatic nitrogens is 3. The van der Waals surface area contributed by atoms with Crippen molar-refractivity contribution in [2.24, 2.45) is 0 Å². The summed E-state index contributed by atoms with van der Waals surface area (Å²) in [6.45, 7) is 0. The molecule has 134 valence electrons. The molecule has 0 fully saturated rings. The minimum Gasteiger partial charge on any atom is -0.294 e. The van der Waals surface area contributed by atoms with E-state index in [4.69, 9.17) is 0 Å². The Hall–Kier alpha value is -3.10. The van der Waals surface area contributed by atoms with E-state index in [0.29, 0.717) is 4.80 Å². The number of Topliss-reactive ketones (excluding diaryl/α,β-unsaturated/α-hetero) is 1. The molecule has 9 heteroatoms. The van der Waals surface area contributed by atoms with Gasteiger partial charge in [-0.1, -0.05) is 24.3 Å². The number of ketones is 1. The zero-order valence-corrected chi connectivity index (χ0v) is 13.0. The van der Waals surface area contributed by atoms with E-state index in [1.54, 1.807) is 0 Å². The molecule has 0 saturated carbocycles. The Kier molecular flexibility index (Phi) is 4.54. The molecular weight excluding hydrogens is 357 g/mol. The van der Waals surface area contributed by atoms with Crippen LogP contribution in [0, 0.1) is 11.6 Å². The number of hydrogen-bond donors (Lipinski definition) is 0. The summed E-state index contributed by atoms with van der Waals surface area (Å²) in [4.78, 5) is 12.9. The van der Waals surface area contributed by atoms with E-state index >= 15 is 0 Å². The lowest BCUT2D eigenvalue weighted by atomic mass is 10.0. The van der Waals surface area contributed by atoms with Gasteiger partial charge < -0.3 is 0 Å². The van der Waals surface area contributed by atoms with Gasteiger partial charge in [0.05, 0.1) is 23.9 Å². The molecule has 0 aliphatic rings. The number of nitrogens with zero attached hydrogens (tertiary/aromatic N) is 3. The van der Waals surface area contributed by atoms with Crippen LogP contribution in [0.5, 0.6) is 0 Å². The van der Waals surface area contributed by atoms with Crippen LogP contribution in [0.1, 0.15) is 21.6 Å². The van der Waals surface area contributed by atoms with Crippen LogP contribution in [0.15, 0.2) is 48.7 Å². The Balaban J connectivity index is 1.88. The van der Waals surface area contributed by atoms with Gasteiger partial charge in [0.2, 0.25) is 0 Å². The van der Waals surface area contributed by atoms with Crippen molar-refractivity contribution >= 4 is 5.78 Å². The fraction of sp³-hybridized carbons (Fsp3) is 0.118. The zero-order chi connectivity index (χ0) is 18.9. The second kappa shape index (κ2) is 6.66. The van der Waals surface area contributed by atoms with Crippen LogP contribution >= 0.6 is 0 Å². The average molecular weight is 367 g/mol. The number of para-hydroxylation sites is 1. The lowest BCUT2D eigenvalue weighted by Gasteiger charge is -2.11. The third-order valence-corrected chi connectivity index (χ3v) is 3.55. The van der Waals surface area contributed by atoms with Crippen LogP contribution in [0.3, 0.4) is 0 Å². The molecule has 1 aromatic heterocycles. The number of hydrogen-bond acceptors (Lipinski definition) is 3. The van der Waals surface area contributed by atoms with E-state index in [2.05, 4.69) is 10.2 Å². The molecule has 0 spiro atoms. The van der Waals surface area contributed by atoms with E-state index in [1.165, 1.54) is 12.1 Å². The number of rotatable bonds is 4. The summed E-state index contributed by atoms with van der Waals surface area (Å²) in [5.74, 6) is -2.67. The maximum Gasteiger partial charge on any atom is 0.417 e. The Morgan fingerprint density at radius 2 is 1.65 bits per heavy atom. The van der Waals surface area contributed by atoms with Crippen molar-refractivity contribution in [2.45, 2.75) is 12.6 Å². The number of halogens is 5. The van der Waals surface area contributed by atoms with Crippen LogP contribution < -0.4 is 0 Å². The lowest BCUT2D eigenvalue weighted by Crippen LogP contribution is -2.14. The van der Waals surface area contributed by atoms with Crippen LogP contribution in [-0.4, -0.2) is 20.8 Å². The van der Waals surface area contributed by atoms with Crippen LogP contribution in [0.2, 0.25) is 0 Å². The van der Waals surface area contributed by atoms with Crippen molar-refractivity contribution in [2.75, 3.05) is 0 Å². The molecule has 0 atom stereocenters. The molecule has 0 N–H and O–H groups in total. The summed E-state index contributed by atoms with van der Waals surface area (Å²) in [7, 11) is 0. The summed E-state index contributed by atoms with van der Waals surface area (Å²) < 4.78 is 66.4. The molecule has 1 heterocycles. The smallest absolute Gasteiger partial charge is 0.294 e. The van der Waals surface area contributed by atoms with Gasteiger partial charge in [0.15, 0.2) is 23.1 Å². The quantitative estimate of drug-likeness (QED) is 0.518. The van der Waals surface area contributed by atoms with Crippen LogP contribution in [-0.2, 0) is 12.6 Å². The summed E-state index contributed by atoms with van der Waals surface area (Å²) in [5, 5.41) is 7.46. The monoisotopic (exact) mass is 367 g/mol. The number of carbonyl (C=O) groups excluding carboxylic acids is 1. The molecule has 2 aromatic carbocycles. The Labute approximate surface area is 143 Å². The van der Waals surface area contributed by atoms with Gasteiger partial charge in [0.1, 0.15) is 0 Å². The second-order valence-corrected chi connectivity index (χ2v) is 5.34.